The van der Waals surface area contributed by atoms with Crippen LogP contribution in [0.2, 0.25) is 0 Å². The third kappa shape index (κ3) is 3.74. The van der Waals surface area contributed by atoms with E-state index in [0.29, 0.717) is 6.04 Å². The molecule has 2 fully saturated rings. The molecular formula is C12H24N2O. The molecule has 2 aliphatic rings. The Morgan fingerprint density at radius 1 is 1.33 bits per heavy atom. The maximum absolute atomic E-state index is 5.41. The Kier molecular flexibility index (Phi) is 4.42. The van der Waals surface area contributed by atoms with Gasteiger partial charge in [-0.05, 0) is 45.2 Å². The number of ether oxygens (including phenoxy) is 1. The second-order valence-electron chi connectivity index (χ2n) is 5.00. The minimum atomic E-state index is 0.699. The summed E-state index contributed by atoms with van der Waals surface area (Å²) in [6.45, 7) is 9.19. The van der Waals surface area contributed by atoms with E-state index in [1.165, 1.54) is 38.9 Å². The molecule has 0 aliphatic carbocycles. The Bertz CT molecular complexity index is 180. The SMILES string of the molecule is CC1CCN(CCC2CCOC2)CCN1. The summed E-state index contributed by atoms with van der Waals surface area (Å²) in [5.74, 6) is 0.832. The number of hydrogen-bond acceptors (Lipinski definition) is 3. The molecule has 2 saturated heterocycles. The monoisotopic (exact) mass is 212 g/mol. The van der Waals surface area contributed by atoms with E-state index in [9.17, 15) is 0 Å². The van der Waals surface area contributed by atoms with Gasteiger partial charge in [0.15, 0.2) is 0 Å². The van der Waals surface area contributed by atoms with E-state index >= 15 is 0 Å². The molecule has 2 rings (SSSR count). The molecule has 0 amide bonds. The average Bonchev–Trinajstić information content (AvgIpc) is 2.66. The molecule has 0 spiro atoms. The summed E-state index contributed by atoms with van der Waals surface area (Å²) in [5.41, 5.74) is 0. The zero-order valence-electron chi connectivity index (χ0n) is 9.87. The summed E-state index contributed by atoms with van der Waals surface area (Å²) in [6, 6.07) is 0.699. The lowest BCUT2D eigenvalue weighted by Crippen LogP contribution is -2.30. The topological polar surface area (TPSA) is 24.5 Å². The lowest BCUT2D eigenvalue weighted by Gasteiger charge is -2.20. The van der Waals surface area contributed by atoms with Crippen molar-refractivity contribution in [3.63, 3.8) is 0 Å². The predicted molar refractivity (Wildman–Crippen MR) is 62.1 cm³/mol. The first kappa shape index (κ1) is 11.4. The zero-order chi connectivity index (χ0) is 10.5. The first-order valence-electron chi connectivity index (χ1n) is 6.38. The van der Waals surface area contributed by atoms with Crippen molar-refractivity contribution < 1.29 is 4.74 Å². The van der Waals surface area contributed by atoms with Crippen molar-refractivity contribution in [3.8, 4) is 0 Å². The summed E-state index contributed by atoms with van der Waals surface area (Å²) >= 11 is 0. The summed E-state index contributed by atoms with van der Waals surface area (Å²) in [7, 11) is 0. The van der Waals surface area contributed by atoms with Gasteiger partial charge in [0.1, 0.15) is 0 Å². The molecule has 2 unspecified atom stereocenters. The van der Waals surface area contributed by atoms with Crippen LogP contribution in [0.5, 0.6) is 0 Å². The van der Waals surface area contributed by atoms with Gasteiger partial charge < -0.3 is 15.0 Å². The Hall–Kier alpha value is -0.120. The minimum Gasteiger partial charge on any atom is -0.381 e. The van der Waals surface area contributed by atoms with Crippen LogP contribution >= 0.6 is 0 Å². The Morgan fingerprint density at radius 2 is 2.27 bits per heavy atom. The molecule has 15 heavy (non-hydrogen) atoms. The molecule has 2 atom stereocenters. The van der Waals surface area contributed by atoms with E-state index in [2.05, 4.69) is 17.1 Å². The summed E-state index contributed by atoms with van der Waals surface area (Å²) in [5, 5.41) is 3.54. The van der Waals surface area contributed by atoms with E-state index in [-0.39, 0.29) is 0 Å². The smallest absolute Gasteiger partial charge is 0.0495 e. The molecule has 0 radical (unpaired) electrons. The van der Waals surface area contributed by atoms with Crippen molar-refractivity contribution in [2.24, 2.45) is 5.92 Å². The summed E-state index contributed by atoms with van der Waals surface area (Å²) in [4.78, 5) is 2.61. The molecule has 0 aromatic rings. The lowest BCUT2D eigenvalue weighted by molar-refractivity contribution is 0.178. The van der Waals surface area contributed by atoms with Crippen LogP contribution in [0.1, 0.15) is 26.2 Å². The van der Waals surface area contributed by atoms with Gasteiger partial charge >= 0.3 is 0 Å². The van der Waals surface area contributed by atoms with Crippen molar-refractivity contribution in [2.75, 3.05) is 39.4 Å². The van der Waals surface area contributed by atoms with Gasteiger partial charge in [-0.2, -0.15) is 0 Å². The number of hydrogen-bond donors (Lipinski definition) is 1. The Labute approximate surface area is 93.2 Å². The van der Waals surface area contributed by atoms with Crippen LogP contribution in [0.25, 0.3) is 0 Å². The van der Waals surface area contributed by atoms with Crippen LogP contribution in [0, 0.1) is 5.92 Å². The van der Waals surface area contributed by atoms with Crippen molar-refractivity contribution in [1.29, 1.82) is 0 Å². The van der Waals surface area contributed by atoms with Gasteiger partial charge in [0.25, 0.3) is 0 Å². The Balaban J connectivity index is 1.64. The van der Waals surface area contributed by atoms with Crippen LogP contribution in [0.4, 0.5) is 0 Å². The van der Waals surface area contributed by atoms with E-state index < -0.39 is 0 Å². The highest BCUT2D eigenvalue weighted by molar-refractivity contribution is 4.73. The van der Waals surface area contributed by atoms with E-state index in [1.807, 2.05) is 0 Å². The fourth-order valence-corrected chi connectivity index (χ4v) is 2.46. The van der Waals surface area contributed by atoms with E-state index in [1.54, 1.807) is 0 Å². The lowest BCUT2D eigenvalue weighted by atomic mass is 10.0. The summed E-state index contributed by atoms with van der Waals surface area (Å²) < 4.78 is 5.41. The molecule has 1 N–H and O–H groups in total. The standard InChI is InChI=1S/C12H24N2O/c1-11-2-6-14(8-5-13-11)7-3-12-4-9-15-10-12/h11-13H,2-10H2,1H3. The molecule has 2 aliphatic heterocycles. The molecule has 0 aromatic heterocycles. The normalized spacial score (nSPS) is 34.2. The highest BCUT2D eigenvalue weighted by Gasteiger charge is 2.18. The molecule has 0 bridgehead atoms. The molecule has 88 valence electrons. The van der Waals surface area contributed by atoms with Crippen molar-refractivity contribution >= 4 is 0 Å². The first-order valence-corrected chi connectivity index (χ1v) is 6.38. The van der Waals surface area contributed by atoms with Gasteiger partial charge in [-0.25, -0.2) is 0 Å². The van der Waals surface area contributed by atoms with Crippen molar-refractivity contribution in [3.05, 3.63) is 0 Å². The fraction of sp³-hybridized carbons (Fsp3) is 1.00. The highest BCUT2D eigenvalue weighted by atomic mass is 16.5. The second-order valence-corrected chi connectivity index (χ2v) is 5.00. The van der Waals surface area contributed by atoms with Gasteiger partial charge in [-0.15, -0.1) is 0 Å². The van der Waals surface area contributed by atoms with Gasteiger partial charge in [0.2, 0.25) is 0 Å². The fourth-order valence-electron chi connectivity index (χ4n) is 2.46. The molecule has 3 nitrogen and oxygen atoms in total. The third-order valence-electron chi connectivity index (χ3n) is 3.68. The molecule has 3 heteroatoms. The van der Waals surface area contributed by atoms with E-state index in [4.69, 9.17) is 4.74 Å². The van der Waals surface area contributed by atoms with Gasteiger partial charge in [-0.1, -0.05) is 0 Å². The number of nitrogens with one attached hydrogen (secondary N) is 1. The van der Waals surface area contributed by atoms with Gasteiger partial charge in [-0.3, -0.25) is 0 Å². The van der Waals surface area contributed by atoms with Crippen molar-refractivity contribution in [1.82, 2.24) is 10.2 Å². The molecule has 0 saturated carbocycles. The largest absolute Gasteiger partial charge is 0.381 e. The van der Waals surface area contributed by atoms with Crippen LogP contribution in [0.3, 0.4) is 0 Å². The third-order valence-corrected chi connectivity index (χ3v) is 3.68. The van der Waals surface area contributed by atoms with E-state index in [0.717, 1.165) is 25.7 Å². The quantitative estimate of drug-likeness (QED) is 0.758. The highest BCUT2D eigenvalue weighted by Crippen LogP contribution is 2.17. The maximum atomic E-state index is 5.41. The Morgan fingerprint density at radius 3 is 3.07 bits per heavy atom. The minimum absolute atomic E-state index is 0.699. The first-order chi connectivity index (χ1) is 7.34. The zero-order valence-corrected chi connectivity index (χ0v) is 9.87. The predicted octanol–water partition coefficient (Wildman–Crippen LogP) is 1.10. The van der Waals surface area contributed by atoms with Crippen molar-refractivity contribution in [2.45, 2.75) is 32.2 Å². The van der Waals surface area contributed by atoms with Crippen LogP contribution in [-0.2, 0) is 4.74 Å². The average molecular weight is 212 g/mol. The molecule has 0 aromatic carbocycles. The van der Waals surface area contributed by atoms with Gasteiger partial charge in [0, 0.05) is 32.3 Å². The van der Waals surface area contributed by atoms with Gasteiger partial charge in [0.05, 0.1) is 0 Å². The van der Waals surface area contributed by atoms with Crippen LogP contribution in [0.15, 0.2) is 0 Å². The summed E-state index contributed by atoms with van der Waals surface area (Å²) in [6.07, 6.45) is 3.90. The van der Waals surface area contributed by atoms with Crippen LogP contribution < -0.4 is 5.32 Å². The molecular weight excluding hydrogens is 188 g/mol. The maximum Gasteiger partial charge on any atom is 0.0495 e. The number of nitrogens with zero attached hydrogens (tertiary/aromatic N) is 1. The molecule has 2 heterocycles. The second kappa shape index (κ2) is 5.83. The number of rotatable bonds is 3. The van der Waals surface area contributed by atoms with Crippen LogP contribution in [-0.4, -0.2) is 50.3 Å².